The van der Waals surface area contributed by atoms with Crippen LogP contribution >= 0.6 is 12.4 Å². The van der Waals surface area contributed by atoms with Crippen LogP contribution in [0.2, 0.25) is 0 Å². The van der Waals surface area contributed by atoms with E-state index < -0.39 is 0 Å². The Bertz CT molecular complexity index is 806. The van der Waals surface area contributed by atoms with Crippen LogP contribution in [0.15, 0.2) is 17.1 Å². The van der Waals surface area contributed by atoms with Gasteiger partial charge in [-0.15, -0.1) is 12.4 Å². The van der Waals surface area contributed by atoms with Gasteiger partial charge in [0.1, 0.15) is 11.2 Å². The Morgan fingerprint density at radius 2 is 2.12 bits per heavy atom. The second kappa shape index (κ2) is 7.55. The molecule has 0 bridgehead atoms. The lowest BCUT2D eigenvalue weighted by molar-refractivity contribution is 0.0931. The summed E-state index contributed by atoms with van der Waals surface area (Å²) in [5.41, 5.74) is 1.54. The standard InChI is InChI=1S/C16H21N5O3.ClH/c22-14-7-13(10-1-4-17-5-2-10)21-15(20-14)12(8-18-21)16(23)19-11-3-6-24-9-11;/h7-8,10-11,17H,1-6,9H2,(H,19,23)(H,20,22);1H. The van der Waals surface area contributed by atoms with Crippen LogP contribution in [-0.4, -0.2) is 52.9 Å². The molecule has 2 aromatic heterocycles. The molecule has 4 rings (SSSR count). The van der Waals surface area contributed by atoms with Crippen molar-refractivity contribution in [3.63, 3.8) is 0 Å². The van der Waals surface area contributed by atoms with Gasteiger partial charge >= 0.3 is 0 Å². The zero-order chi connectivity index (χ0) is 16.5. The van der Waals surface area contributed by atoms with Crippen molar-refractivity contribution in [2.75, 3.05) is 26.3 Å². The van der Waals surface area contributed by atoms with Crippen LogP contribution in [0.3, 0.4) is 0 Å². The molecule has 0 aliphatic carbocycles. The number of carbonyl (C=O) groups is 1. The van der Waals surface area contributed by atoms with Crippen molar-refractivity contribution < 1.29 is 9.53 Å². The second-order valence-electron chi connectivity index (χ2n) is 6.44. The number of ether oxygens (including phenoxy) is 1. The molecule has 1 unspecified atom stereocenters. The minimum atomic E-state index is -0.224. The Kier molecular flexibility index (Phi) is 5.41. The molecule has 2 aliphatic heterocycles. The molecule has 2 saturated heterocycles. The lowest BCUT2D eigenvalue weighted by atomic mass is 9.94. The third-order valence-corrected chi connectivity index (χ3v) is 4.80. The molecule has 2 fully saturated rings. The molecule has 1 amide bonds. The molecule has 2 aliphatic rings. The summed E-state index contributed by atoms with van der Waals surface area (Å²) in [4.78, 5) is 27.4. The first-order valence-electron chi connectivity index (χ1n) is 8.42. The molecule has 8 nitrogen and oxygen atoms in total. The molecule has 9 heteroatoms. The highest BCUT2D eigenvalue weighted by Crippen LogP contribution is 2.24. The molecule has 0 aromatic carbocycles. The molecule has 136 valence electrons. The lowest BCUT2D eigenvalue weighted by Gasteiger charge is -2.23. The van der Waals surface area contributed by atoms with Crippen LogP contribution in [0.5, 0.6) is 0 Å². The van der Waals surface area contributed by atoms with Crippen LogP contribution in [-0.2, 0) is 4.74 Å². The monoisotopic (exact) mass is 367 g/mol. The molecule has 0 radical (unpaired) electrons. The number of H-pyrrole nitrogens is 1. The predicted molar refractivity (Wildman–Crippen MR) is 94.6 cm³/mol. The van der Waals surface area contributed by atoms with Crippen molar-refractivity contribution in [3.05, 3.63) is 33.9 Å². The van der Waals surface area contributed by atoms with Crippen molar-refractivity contribution in [1.82, 2.24) is 25.2 Å². The van der Waals surface area contributed by atoms with Gasteiger partial charge in [0, 0.05) is 18.6 Å². The number of aromatic amines is 1. The molecule has 1 atom stereocenters. The van der Waals surface area contributed by atoms with E-state index in [1.165, 1.54) is 6.20 Å². The first-order valence-corrected chi connectivity index (χ1v) is 8.42. The van der Waals surface area contributed by atoms with Gasteiger partial charge in [-0.25, -0.2) is 4.52 Å². The summed E-state index contributed by atoms with van der Waals surface area (Å²) in [6.07, 6.45) is 4.25. The van der Waals surface area contributed by atoms with Crippen molar-refractivity contribution in [2.24, 2.45) is 0 Å². The van der Waals surface area contributed by atoms with E-state index in [0.717, 1.165) is 38.0 Å². The Morgan fingerprint density at radius 1 is 1.32 bits per heavy atom. The average Bonchev–Trinajstić information content (AvgIpc) is 3.24. The topological polar surface area (TPSA) is 101 Å². The van der Waals surface area contributed by atoms with E-state index in [0.29, 0.717) is 24.4 Å². The molecular formula is C16H22ClN5O3. The number of fused-ring (bicyclic) bond motifs is 1. The number of hydrogen-bond acceptors (Lipinski definition) is 5. The van der Waals surface area contributed by atoms with E-state index in [9.17, 15) is 9.59 Å². The van der Waals surface area contributed by atoms with Gasteiger partial charge in [0.25, 0.3) is 11.5 Å². The number of nitrogens with zero attached hydrogens (tertiary/aromatic N) is 2. The number of amides is 1. The average molecular weight is 368 g/mol. The number of nitrogens with one attached hydrogen (secondary N) is 3. The maximum absolute atomic E-state index is 12.5. The largest absolute Gasteiger partial charge is 0.379 e. The molecule has 0 spiro atoms. The fourth-order valence-electron chi connectivity index (χ4n) is 3.50. The van der Waals surface area contributed by atoms with E-state index in [1.807, 2.05) is 0 Å². The summed E-state index contributed by atoms with van der Waals surface area (Å²) >= 11 is 0. The van der Waals surface area contributed by atoms with Crippen LogP contribution in [0.25, 0.3) is 5.65 Å². The summed E-state index contributed by atoms with van der Waals surface area (Å²) in [7, 11) is 0. The van der Waals surface area contributed by atoms with Gasteiger partial charge < -0.3 is 20.4 Å². The van der Waals surface area contributed by atoms with Gasteiger partial charge in [-0.2, -0.15) is 5.10 Å². The first kappa shape index (κ1) is 17.9. The van der Waals surface area contributed by atoms with Gasteiger partial charge in [-0.05, 0) is 32.4 Å². The highest BCUT2D eigenvalue weighted by atomic mass is 35.5. The number of piperidine rings is 1. The predicted octanol–water partition coefficient (Wildman–Crippen LogP) is 0.430. The van der Waals surface area contributed by atoms with Crippen molar-refractivity contribution in [2.45, 2.75) is 31.2 Å². The Labute approximate surface area is 150 Å². The maximum Gasteiger partial charge on any atom is 0.256 e. The fourth-order valence-corrected chi connectivity index (χ4v) is 3.50. The van der Waals surface area contributed by atoms with Gasteiger partial charge in [0.2, 0.25) is 0 Å². The zero-order valence-electron chi connectivity index (χ0n) is 13.8. The highest BCUT2D eigenvalue weighted by molar-refractivity contribution is 5.99. The molecule has 3 N–H and O–H groups in total. The maximum atomic E-state index is 12.5. The van der Waals surface area contributed by atoms with E-state index >= 15 is 0 Å². The van der Waals surface area contributed by atoms with Gasteiger partial charge in [0.15, 0.2) is 0 Å². The summed E-state index contributed by atoms with van der Waals surface area (Å²) in [6.45, 7) is 3.04. The third kappa shape index (κ3) is 3.56. The van der Waals surface area contributed by atoms with Gasteiger partial charge in [-0.3, -0.25) is 9.59 Å². The fraction of sp³-hybridized carbons (Fsp3) is 0.562. The third-order valence-electron chi connectivity index (χ3n) is 4.80. The van der Waals surface area contributed by atoms with Crippen LogP contribution in [0.4, 0.5) is 0 Å². The number of rotatable bonds is 3. The van der Waals surface area contributed by atoms with Crippen molar-refractivity contribution >= 4 is 24.0 Å². The Hall–Kier alpha value is -1.90. The SMILES string of the molecule is Cl.O=C(NC1CCOC1)c1cnn2c(C3CCNCC3)cc(=O)[nH]c12. The second-order valence-corrected chi connectivity index (χ2v) is 6.44. The van der Waals surface area contributed by atoms with Gasteiger partial charge in [-0.1, -0.05) is 0 Å². The van der Waals surface area contributed by atoms with E-state index in [-0.39, 0.29) is 35.8 Å². The molecule has 0 saturated carbocycles. The molecule has 25 heavy (non-hydrogen) atoms. The Balaban J connectivity index is 0.00000182. The Morgan fingerprint density at radius 3 is 2.84 bits per heavy atom. The minimum absolute atomic E-state index is 0. The summed E-state index contributed by atoms with van der Waals surface area (Å²) in [5, 5.41) is 10.6. The smallest absolute Gasteiger partial charge is 0.256 e. The van der Waals surface area contributed by atoms with Gasteiger partial charge in [0.05, 0.1) is 24.5 Å². The normalized spacial score (nSPS) is 21.2. The molecular weight excluding hydrogens is 346 g/mol. The van der Waals surface area contributed by atoms with E-state index in [1.54, 1.807) is 10.6 Å². The van der Waals surface area contributed by atoms with Crippen molar-refractivity contribution in [1.29, 1.82) is 0 Å². The zero-order valence-corrected chi connectivity index (χ0v) is 14.6. The summed E-state index contributed by atoms with van der Waals surface area (Å²) in [6, 6.07) is 1.62. The van der Waals surface area contributed by atoms with Crippen LogP contribution in [0.1, 0.15) is 41.2 Å². The summed E-state index contributed by atoms with van der Waals surface area (Å²) in [5.74, 6) is 0.0497. The number of aromatic nitrogens is 3. The number of hydrogen-bond donors (Lipinski definition) is 3. The number of carbonyl (C=O) groups excluding carboxylic acids is 1. The first-order chi connectivity index (χ1) is 11.7. The minimum Gasteiger partial charge on any atom is -0.379 e. The van der Waals surface area contributed by atoms with E-state index in [2.05, 4.69) is 20.7 Å². The summed E-state index contributed by atoms with van der Waals surface area (Å²) < 4.78 is 6.99. The highest BCUT2D eigenvalue weighted by Gasteiger charge is 2.24. The molecule has 4 heterocycles. The van der Waals surface area contributed by atoms with E-state index in [4.69, 9.17) is 4.74 Å². The van der Waals surface area contributed by atoms with Crippen LogP contribution in [0, 0.1) is 0 Å². The molecule has 2 aromatic rings. The number of halogens is 1. The van der Waals surface area contributed by atoms with Crippen molar-refractivity contribution in [3.8, 4) is 0 Å². The lowest BCUT2D eigenvalue weighted by Crippen LogP contribution is -2.35. The quantitative estimate of drug-likeness (QED) is 0.730. The van der Waals surface area contributed by atoms with Crippen LogP contribution < -0.4 is 16.2 Å².